The molecular formula is C11H17BrN2. The van der Waals surface area contributed by atoms with E-state index in [9.17, 15) is 0 Å². The molecule has 1 rings (SSSR count). The predicted octanol–water partition coefficient (Wildman–Crippen LogP) is 2.85. The second kappa shape index (κ2) is 6.04. The average molecular weight is 257 g/mol. The number of para-hydroxylation sites is 1. The summed E-state index contributed by atoms with van der Waals surface area (Å²) in [5.74, 6) is 0.588. The lowest BCUT2D eigenvalue weighted by Crippen LogP contribution is -2.15. The molecule has 0 spiro atoms. The SMILES string of the molecule is CC(CN)CCNc1ccccc1Br. The van der Waals surface area contributed by atoms with Crippen molar-refractivity contribution in [3.8, 4) is 0 Å². The summed E-state index contributed by atoms with van der Waals surface area (Å²) in [7, 11) is 0. The fourth-order valence-electron chi connectivity index (χ4n) is 1.18. The number of rotatable bonds is 5. The number of nitrogens with one attached hydrogen (secondary N) is 1. The van der Waals surface area contributed by atoms with Gasteiger partial charge < -0.3 is 11.1 Å². The summed E-state index contributed by atoms with van der Waals surface area (Å²) in [5.41, 5.74) is 6.69. The Hall–Kier alpha value is -0.540. The maximum Gasteiger partial charge on any atom is 0.0484 e. The second-order valence-electron chi connectivity index (χ2n) is 3.54. The highest BCUT2D eigenvalue weighted by molar-refractivity contribution is 9.10. The van der Waals surface area contributed by atoms with Crippen LogP contribution in [0.15, 0.2) is 28.7 Å². The molecule has 1 atom stereocenters. The van der Waals surface area contributed by atoms with E-state index in [2.05, 4.69) is 34.2 Å². The van der Waals surface area contributed by atoms with E-state index in [-0.39, 0.29) is 0 Å². The molecule has 0 bridgehead atoms. The molecule has 0 amide bonds. The number of nitrogens with two attached hydrogens (primary N) is 1. The van der Waals surface area contributed by atoms with Gasteiger partial charge in [-0.2, -0.15) is 0 Å². The monoisotopic (exact) mass is 256 g/mol. The third-order valence-corrected chi connectivity index (χ3v) is 2.92. The lowest BCUT2D eigenvalue weighted by molar-refractivity contribution is 0.561. The summed E-state index contributed by atoms with van der Waals surface area (Å²) in [4.78, 5) is 0. The molecule has 0 heterocycles. The van der Waals surface area contributed by atoms with E-state index in [0.29, 0.717) is 5.92 Å². The highest BCUT2D eigenvalue weighted by Gasteiger charge is 2.00. The third kappa shape index (κ3) is 3.68. The van der Waals surface area contributed by atoms with Gasteiger partial charge in [-0.15, -0.1) is 0 Å². The smallest absolute Gasteiger partial charge is 0.0484 e. The van der Waals surface area contributed by atoms with Crippen molar-refractivity contribution >= 4 is 21.6 Å². The van der Waals surface area contributed by atoms with Crippen molar-refractivity contribution in [1.82, 2.24) is 0 Å². The number of anilines is 1. The first-order valence-corrected chi connectivity index (χ1v) is 5.71. The highest BCUT2D eigenvalue weighted by Crippen LogP contribution is 2.21. The number of halogens is 1. The van der Waals surface area contributed by atoms with Crippen LogP contribution in [0.1, 0.15) is 13.3 Å². The molecule has 0 radical (unpaired) electrons. The molecule has 78 valence electrons. The first-order chi connectivity index (χ1) is 6.74. The Balaban J connectivity index is 2.35. The number of hydrogen-bond acceptors (Lipinski definition) is 2. The molecule has 3 heteroatoms. The average Bonchev–Trinajstić information content (AvgIpc) is 2.20. The van der Waals surface area contributed by atoms with Crippen LogP contribution in [0, 0.1) is 5.92 Å². The van der Waals surface area contributed by atoms with Crippen LogP contribution < -0.4 is 11.1 Å². The van der Waals surface area contributed by atoms with Gasteiger partial charge in [0.1, 0.15) is 0 Å². The van der Waals surface area contributed by atoms with Gasteiger partial charge in [-0.25, -0.2) is 0 Å². The van der Waals surface area contributed by atoms with E-state index in [0.717, 1.165) is 29.7 Å². The molecule has 2 nitrogen and oxygen atoms in total. The van der Waals surface area contributed by atoms with Gasteiger partial charge in [0.15, 0.2) is 0 Å². The summed E-state index contributed by atoms with van der Waals surface area (Å²) < 4.78 is 1.11. The van der Waals surface area contributed by atoms with Gasteiger partial charge >= 0.3 is 0 Å². The molecular weight excluding hydrogens is 240 g/mol. The van der Waals surface area contributed by atoms with E-state index in [1.807, 2.05) is 18.2 Å². The summed E-state index contributed by atoms with van der Waals surface area (Å²) >= 11 is 3.49. The van der Waals surface area contributed by atoms with Crippen molar-refractivity contribution in [2.75, 3.05) is 18.4 Å². The fraction of sp³-hybridized carbons (Fsp3) is 0.455. The summed E-state index contributed by atoms with van der Waals surface area (Å²) in [6, 6.07) is 8.14. The van der Waals surface area contributed by atoms with Crippen molar-refractivity contribution in [1.29, 1.82) is 0 Å². The maximum absolute atomic E-state index is 5.54. The van der Waals surface area contributed by atoms with Crippen LogP contribution in [0.25, 0.3) is 0 Å². The Morgan fingerprint density at radius 2 is 2.14 bits per heavy atom. The Morgan fingerprint density at radius 1 is 1.43 bits per heavy atom. The van der Waals surface area contributed by atoms with Gasteiger partial charge in [-0.1, -0.05) is 19.1 Å². The van der Waals surface area contributed by atoms with Crippen LogP contribution in [-0.4, -0.2) is 13.1 Å². The second-order valence-corrected chi connectivity index (χ2v) is 4.39. The molecule has 14 heavy (non-hydrogen) atoms. The van der Waals surface area contributed by atoms with Crippen molar-refractivity contribution < 1.29 is 0 Å². The molecule has 1 aromatic rings. The predicted molar refractivity (Wildman–Crippen MR) is 65.5 cm³/mol. The highest BCUT2D eigenvalue weighted by atomic mass is 79.9. The van der Waals surface area contributed by atoms with Crippen LogP contribution in [-0.2, 0) is 0 Å². The van der Waals surface area contributed by atoms with E-state index in [4.69, 9.17) is 5.73 Å². The molecule has 3 N–H and O–H groups in total. The normalized spacial score (nSPS) is 12.5. The Bertz CT molecular complexity index is 276. The Kier molecular flexibility index (Phi) is 4.98. The minimum atomic E-state index is 0.588. The lowest BCUT2D eigenvalue weighted by atomic mass is 10.1. The molecule has 0 aliphatic carbocycles. The van der Waals surface area contributed by atoms with Crippen molar-refractivity contribution in [2.45, 2.75) is 13.3 Å². The van der Waals surface area contributed by atoms with Crippen LogP contribution in [0.4, 0.5) is 5.69 Å². The van der Waals surface area contributed by atoms with E-state index in [1.165, 1.54) is 0 Å². The molecule has 0 saturated heterocycles. The molecule has 0 fully saturated rings. The molecule has 0 aliphatic heterocycles. The van der Waals surface area contributed by atoms with Crippen LogP contribution in [0.5, 0.6) is 0 Å². The minimum absolute atomic E-state index is 0.588. The summed E-state index contributed by atoms with van der Waals surface area (Å²) in [6.45, 7) is 3.90. The fourth-order valence-corrected chi connectivity index (χ4v) is 1.60. The zero-order valence-electron chi connectivity index (χ0n) is 8.46. The standard InChI is InChI=1S/C11H17BrN2/c1-9(8-13)6-7-14-11-5-3-2-4-10(11)12/h2-5,9,14H,6-8,13H2,1H3. The summed E-state index contributed by atoms with van der Waals surface area (Å²) in [6.07, 6.45) is 1.11. The van der Waals surface area contributed by atoms with E-state index in [1.54, 1.807) is 0 Å². The van der Waals surface area contributed by atoms with Gasteiger partial charge in [0, 0.05) is 16.7 Å². The Labute approximate surface area is 94.0 Å². The van der Waals surface area contributed by atoms with Crippen molar-refractivity contribution in [2.24, 2.45) is 11.7 Å². The van der Waals surface area contributed by atoms with Crippen LogP contribution in [0.2, 0.25) is 0 Å². The summed E-state index contributed by atoms with van der Waals surface area (Å²) in [5, 5.41) is 3.38. The first kappa shape index (κ1) is 11.5. The van der Waals surface area contributed by atoms with Crippen molar-refractivity contribution in [3.63, 3.8) is 0 Å². The zero-order valence-corrected chi connectivity index (χ0v) is 10.0. The Morgan fingerprint density at radius 3 is 2.79 bits per heavy atom. The first-order valence-electron chi connectivity index (χ1n) is 4.92. The largest absolute Gasteiger partial charge is 0.384 e. The minimum Gasteiger partial charge on any atom is -0.384 e. The molecule has 1 unspecified atom stereocenters. The number of hydrogen-bond donors (Lipinski definition) is 2. The van der Waals surface area contributed by atoms with Gasteiger partial charge in [-0.3, -0.25) is 0 Å². The molecule has 0 aliphatic rings. The van der Waals surface area contributed by atoms with E-state index < -0.39 is 0 Å². The third-order valence-electron chi connectivity index (χ3n) is 2.23. The molecule has 0 aromatic heterocycles. The van der Waals surface area contributed by atoms with Gasteiger partial charge in [0.25, 0.3) is 0 Å². The molecule has 1 aromatic carbocycles. The van der Waals surface area contributed by atoms with Gasteiger partial charge in [-0.05, 0) is 46.9 Å². The quantitative estimate of drug-likeness (QED) is 0.851. The molecule has 0 saturated carbocycles. The van der Waals surface area contributed by atoms with Crippen LogP contribution in [0.3, 0.4) is 0 Å². The lowest BCUT2D eigenvalue weighted by Gasteiger charge is -2.11. The van der Waals surface area contributed by atoms with Gasteiger partial charge in [0.05, 0.1) is 0 Å². The van der Waals surface area contributed by atoms with Crippen LogP contribution >= 0.6 is 15.9 Å². The van der Waals surface area contributed by atoms with E-state index >= 15 is 0 Å². The number of benzene rings is 1. The van der Waals surface area contributed by atoms with Gasteiger partial charge in [0.2, 0.25) is 0 Å². The van der Waals surface area contributed by atoms with Crippen molar-refractivity contribution in [3.05, 3.63) is 28.7 Å². The topological polar surface area (TPSA) is 38.0 Å². The maximum atomic E-state index is 5.54. The zero-order chi connectivity index (χ0) is 10.4.